The van der Waals surface area contributed by atoms with Gasteiger partial charge in [-0.1, -0.05) is 0 Å². The summed E-state index contributed by atoms with van der Waals surface area (Å²) in [4.78, 5) is 17.3. The molecule has 19 heavy (non-hydrogen) atoms. The maximum Gasteiger partial charge on any atom is 0.305 e. The van der Waals surface area contributed by atoms with E-state index in [2.05, 4.69) is 4.98 Å². The molecule has 0 saturated carbocycles. The summed E-state index contributed by atoms with van der Waals surface area (Å²) in [5.41, 5.74) is 0.755. The average Bonchev–Trinajstić information content (AvgIpc) is 2.87. The van der Waals surface area contributed by atoms with Crippen LogP contribution in [0.5, 0.6) is 0 Å². The minimum atomic E-state index is -0.833. The molecule has 1 N–H and O–H groups in total. The molecular formula is C13H14N2O4. The molecule has 0 amide bonds. The van der Waals surface area contributed by atoms with Crippen LogP contribution in [0.25, 0.3) is 11.0 Å². The number of fused-ring (bicyclic) bond motifs is 1. The monoisotopic (exact) mass is 262 g/mol. The lowest BCUT2D eigenvalue weighted by molar-refractivity contribution is -0.138. The number of morpholine rings is 1. The molecule has 0 bridgehead atoms. The van der Waals surface area contributed by atoms with E-state index in [1.54, 1.807) is 18.5 Å². The van der Waals surface area contributed by atoms with E-state index in [0.717, 1.165) is 16.8 Å². The third kappa shape index (κ3) is 2.26. The summed E-state index contributed by atoms with van der Waals surface area (Å²) in [6.45, 7) is 1.61. The van der Waals surface area contributed by atoms with Crippen LogP contribution >= 0.6 is 0 Å². The van der Waals surface area contributed by atoms with Gasteiger partial charge in [0.1, 0.15) is 11.4 Å². The van der Waals surface area contributed by atoms with Crippen molar-refractivity contribution in [3.63, 3.8) is 0 Å². The van der Waals surface area contributed by atoms with Gasteiger partial charge in [-0.3, -0.25) is 4.79 Å². The number of aliphatic carboxylic acids is 1. The molecule has 3 heterocycles. The minimum Gasteiger partial charge on any atom is -0.481 e. The molecule has 0 aromatic carbocycles. The summed E-state index contributed by atoms with van der Waals surface area (Å²) >= 11 is 0. The zero-order chi connectivity index (χ0) is 13.2. The van der Waals surface area contributed by atoms with E-state index in [1.165, 1.54) is 0 Å². The van der Waals surface area contributed by atoms with Crippen LogP contribution in [0.1, 0.15) is 6.42 Å². The number of pyridine rings is 1. The molecule has 3 rings (SSSR count). The van der Waals surface area contributed by atoms with Gasteiger partial charge >= 0.3 is 5.97 Å². The van der Waals surface area contributed by atoms with Crippen LogP contribution in [0.3, 0.4) is 0 Å². The highest BCUT2D eigenvalue weighted by molar-refractivity contribution is 5.88. The summed E-state index contributed by atoms with van der Waals surface area (Å²) in [6, 6.07) is 3.45. The molecule has 0 aliphatic carbocycles. The van der Waals surface area contributed by atoms with Crippen molar-refractivity contribution >= 4 is 22.8 Å². The summed E-state index contributed by atoms with van der Waals surface area (Å²) < 4.78 is 10.7. The Balaban J connectivity index is 1.97. The van der Waals surface area contributed by atoms with Gasteiger partial charge < -0.3 is 19.2 Å². The first-order valence-corrected chi connectivity index (χ1v) is 6.14. The Morgan fingerprint density at radius 2 is 2.42 bits per heavy atom. The van der Waals surface area contributed by atoms with Crippen molar-refractivity contribution in [3.05, 3.63) is 24.6 Å². The molecule has 6 heteroatoms. The fraction of sp³-hybridized carbons (Fsp3) is 0.385. The maximum atomic E-state index is 10.9. The van der Waals surface area contributed by atoms with E-state index >= 15 is 0 Å². The highest BCUT2D eigenvalue weighted by Gasteiger charge is 2.27. The second-order valence-electron chi connectivity index (χ2n) is 4.49. The second kappa shape index (κ2) is 4.89. The first-order chi connectivity index (χ1) is 9.25. The van der Waals surface area contributed by atoms with E-state index in [9.17, 15) is 4.79 Å². The zero-order valence-electron chi connectivity index (χ0n) is 10.3. The number of hydrogen-bond acceptors (Lipinski definition) is 5. The van der Waals surface area contributed by atoms with Crippen LogP contribution in [-0.4, -0.2) is 41.9 Å². The average molecular weight is 262 g/mol. The van der Waals surface area contributed by atoms with Gasteiger partial charge in [-0.2, -0.15) is 0 Å². The predicted octanol–water partition coefficient (Wildman–Crippen LogP) is 1.51. The highest BCUT2D eigenvalue weighted by atomic mass is 16.5. The standard InChI is InChI=1S/C13H14N2O4/c16-12(17)7-9-8-18-6-4-15(9)13-10-2-5-19-11(10)1-3-14-13/h1-3,5,9H,4,6-8H2,(H,16,17). The number of hydrogen-bond donors (Lipinski definition) is 1. The van der Waals surface area contributed by atoms with Crippen LogP contribution < -0.4 is 4.90 Å². The number of carboxylic acid groups (broad SMARTS) is 1. The SMILES string of the molecule is O=C(O)CC1COCCN1c1nccc2occc12. The van der Waals surface area contributed by atoms with Crippen LogP contribution in [0.4, 0.5) is 5.82 Å². The lowest BCUT2D eigenvalue weighted by atomic mass is 10.1. The Kier molecular flexibility index (Phi) is 3.08. The van der Waals surface area contributed by atoms with Gasteiger partial charge in [0.2, 0.25) is 0 Å². The van der Waals surface area contributed by atoms with Crippen molar-refractivity contribution in [1.29, 1.82) is 0 Å². The van der Waals surface area contributed by atoms with E-state index in [0.29, 0.717) is 19.8 Å². The van der Waals surface area contributed by atoms with Gasteiger partial charge in [0, 0.05) is 12.7 Å². The molecule has 1 aliphatic rings. The number of ether oxygens (including phenoxy) is 1. The molecule has 1 saturated heterocycles. The number of anilines is 1. The third-order valence-corrected chi connectivity index (χ3v) is 3.27. The number of aromatic nitrogens is 1. The molecule has 1 aliphatic heterocycles. The first kappa shape index (κ1) is 12.0. The second-order valence-corrected chi connectivity index (χ2v) is 4.49. The van der Waals surface area contributed by atoms with Gasteiger partial charge in [-0.05, 0) is 12.1 Å². The molecule has 1 unspecified atom stereocenters. The quantitative estimate of drug-likeness (QED) is 0.903. The van der Waals surface area contributed by atoms with Crippen molar-refractivity contribution in [1.82, 2.24) is 4.98 Å². The van der Waals surface area contributed by atoms with Gasteiger partial charge in [0.05, 0.1) is 37.3 Å². The molecule has 1 fully saturated rings. The molecule has 0 spiro atoms. The number of carbonyl (C=O) groups is 1. The van der Waals surface area contributed by atoms with Gasteiger partial charge in [-0.15, -0.1) is 0 Å². The number of nitrogens with zero attached hydrogens (tertiary/aromatic N) is 2. The van der Waals surface area contributed by atoms with Crippen LogP contribution in [0, 0.1) is 0 Å². The Hall–Kier alpha value is -2.08. The van der Waals surface area contributed by atoms with E-state index in [1.807, 2.05) is 11.0 Å². The predicted molar refractivity (Wildman–Crippen MR) is 68.2 cm³/mol. The fourth-order valence-electron chi connectivity index (χ4n) is 2.41. The summed E-state index contributed by atoms with van der Waals surface area (Å²) in [6.07, 6.45) is 3.33. The van der Waals surface area contributed by atoms with Crippen molar-refractivity contribution in [3.8, 4) is 0 Å². The highest BCUT2D eigenvalue weighted by Crippen LogP contribution is 2.28. The van der Waals surface area contributed by atoms with E-state index in [-0.39, 0.29) is 12.5 Å². The van der Waals surface area contributed by atoms with Crippen LogP contribution in [-0.2, 0) is 9.53 Å². The third-order valence-electron chi connectivity index (χ3n) is 3.27. The minimum absolute atomic E-state index is 0.0376. The van der Waals surface area contributed by atoms with E-state index < -0.39 is 5.97 Å². The molecule has 0 radical (unpaired) electrons. The molecule has 2 aromatic heterocycles. The number of rotatable bonds is 3. The van der Waals surface area contributed by atoms with Crippen LogP contribution in [0.2, 0.25) is 0 Å². The van der Waals surface area contributed by atoms with Crippen LogP contribution in [0.15, 0.2) is 29.0 Å². The van der Waals surface area contributed by atoms with Crippen molar-refractivity contribution < 1.29 is 19.1 Å². The number of carboxylic acids is 1. The zero-order valence-corrected chi connectivity index (χ0v) is 10.3. The van der Waals surface area contributed by atoms with Crippen molar-refractivity contribution in [2.75, 3.05) is 24.7 Å². The Morgan fingerprint density at radius 3 is 3.26 bits per heavy atom. The molecule has 2 aromatic rings. The lowest BCUT2D eigenvalue weighted by Crippen LogP contribution is -2.47. The molecule has 1 atom stereocenters. The molecule has 100 valence electrons. The van der Waals surface area contributed by atoms with Crippen molar-refractivity contribution in [2.45, 2.75) is 12.5 Å². The van der Waals surface area contributed by atoms with Gasteiger partial charge in [0.15, 0.2) is 0 Å². The maximum absolute atomic E-state index is 10.9. The topological polar surface area (TPSA) is 75.8 Å². The number of furan rings is 1. The van der Waals surface area contributed by atoms with E-state index in [4.69, 9.17) is 14.3 Å². The van der Waals surface area contributed by atoms with Crippen molar-refractivity contribution in [2.24, 2.45) is 0 Å². The summed E-state index contributed by atoms with van der Waals surface area (Å²) in [7, 11) is 0. The Morgan fingerprint density at radius 1 is 1.53 bits per heavy atom. The normalized spacial score (nSPS) is 19.8. The first-order valence-electron chi connectivity index (χ1n) is 6.14. The largest absolute Gasteiger partial charge is 0.481 e. The fourth-order valence-corrected chi connectivity index (χ4v) is 2.41. The Labute approximate surface area is 109 Å². The van der Waals surface area contributed by atoms with Gasteiger partial charge in [0.25, 0.3) is 0 Å². The summed E-state index contributed by atoms with van der Waals surface area (Å²) in [5, 5.41) is 9.89. The smallest absolute Gasteiger partial charge is 0.305 e. The summed E-state index contributed by atoms with van der Waals surface area (Å²) in [5.74, 6) is -0.0688. The molecule has 6 nitrogen and oxygen atoms in total. The Bertz CT molecular complexity index is 595. The molecular weight excluding hydrogens is 248 g/mol. The lowest BCUT2D eigenvalue weighted by Gasteiger charge is -2.35. The van der Waals surface area contributed by atoms with Gasteiger partial charge in [-0.25, -0.2) is 4.98 Å².